The number of nitrogens with zero attached hydrogens (tertiary/aromatic N) is 2. The van der Waals surface area contributed by atoms with Gasteiger partial charge < -0.3 is 19.7 Å². The Balaban J connectivity index is 1.04. The van der Waals surface area contributed by atoms with E-state index in [2.05, 4.69) is 34.6 Å². The van der Waals surface area contributed by atoms with Crippen molar-refractivity contribution in [2.24, 2.45) is 58.2 Å². The number of non-ortho nitro benzene ring substituents is 2. The van der Waals surface area contributed by atoms with Crippen LogP contribution in [0.4, 0.5) is 11.4 Å². The lowest BCUT2D eigenvalue weighted by Crippen LogP contribution is -2.53. The molecule has 12 nitrogen and oxygen atoms in total. The molecule has 8 rings (SSSR count). The van der Waals surface area contributed by atoms with Gasteiger partial charge in [-0.25, -0.2) is 9.59 Å². The third-order valence-electron chi connectivity index (χ3n) is 18.1. The monoisotopic (exact) mass is 1040 g/mol. The Hall–Kier alpha value is -5.46. The first-order valence-corrected chi connectivity index (χ1v) is 27.1. The van der Waals surface area contributed by atoms with Crippen LogP contribution in [-0.4, -0.2) is 32.0 Å². The molecule has 4 aliphatic rings. The molecule has 4 aliphatic carbocycles. The average molecular weight is 1040 g/mol. The molecule has 0 radical (unpaired) electrons. The third-order valence-corrected chi connectivity index (χ3v) is 18.6. The number of benzene rings is 4. The molecular weight excluding hydrogens is 968 g/mol. The molecule has 0 aromatic heterocycles. The Morgan fingerprint density at radius 1 is 0.726 bits per heavy atom. The first-order chi connectivity index (χ1) is 34.8. The molecule has 390 valence electrons. The number of hydrogen-bond donors (Lipinski definition) is 2. The van der Waals surface area contributed by atoms with Gasteiger partial charge in [-0.15, -0.1) is 0 Å². The lowest BCUT2D eigenvalue weighted by atomic mass is 9.44. The van der Waals surface area contributed by atoms with Crippen molar-refractivity contribution in [3.63, 3.8) is 0 Å². The van der Waals surface area contributed by atoms with Crippen LogP contribution in [0.3, 0.4) is 0 Å². The van der Waals surface area contributed by atoms with Crippen molar-refractivity contribution in [1.29, 1.82) is 0 Å². The summed E-state index contributed by atoms with van der Waals surface area (Å²) in [6.07, 6.45) is 19.1. The summed E-state index contributed by atoms with van der Waals surface area (Å²) in [6.45, 7) is 12.1. The van der Waals surface area contributed by atoms with Crippen molar-refractivity contribution in [3.8, 4) is 11.5 Å². The fourth-order valence-electron chi connectivity index (χ4n) is 14.4. The average Bonchev–Trinajstić information content (AvgIpc) is 3.71. The molecule has 4 aromatic carbocycles. The number of carboxylic acids is 2. The summed E-state index contributed by atoms with van der Waals surface area (Å²) >= 11 is 13.8. The van der Waals surface area contributed by atoms with Gasteiger partial charge in [-0.1, -0.05) is 107 Å². The van der Waals surface area contributed by atoms with Gasteiger partial charge in [0.1, 0.15) is 24.3 Å². The zero-order valence-corrected chi connectivity index (χ0v) is 44.3. The zero-order valence-electron chi connectivity index (χ0n) is 42.7. The van der Waals surface area contributed by atoms with E-state index in [1.54, 1.807) is 24.3 Å². The van der Waals surface area contributed by atoms with E-state index < -0.39 is 21.8 Å². The molecule has 2 unspecified atom stereocenters. The van der Waals surface area contributed by atoms with Gasteiger partial charge in [0.05, 0.1) is 19.9 Å². The van der Waals surface area contributed by atoms with Gasteiger partial charge in [0, 0.05) is 24.3 Å². The van der Waals surface area contributed by atoms with Crippen molar-refractivity contribution in [2.45, 2.75) is 138 Å². The molecular formula is C59H70Cl2N2O10. The van der Waals surface area contributed by atoms with Crippen LogP contribution >= 0.6 is 23.2 Å². The Labute approximate surface area is 439 Å². The molecule has 4 fully saturated rings. The number of hydrogen-bond acceptors (Lipinski definition) is 8. The fourth-order valence-corrected chi connectivity index (χ4v) is 15.0. The van der Waals surface area contributed by atoms with Gasteiger partial charge in [-0.3, -0.25) is 20.2 Å². The van der Waals surface area contributed by atoms with Gasteiger partial charge >= 0.3 is 11.9 Å². The van der Waals surface area contributed by atoms with Gasteiger partial charge in [0.25, 0.3) is 11.4 Å². The van der Waals surface area contributed by atoms with Crippen LogP contribution in [0.2, 0.25) is 10.0 Å². The van der Waals surface area contributed by atoms with Crippen LogP contribution < -0.4 is 9.47 Å². The van der Waals surface area contributed by atoms with Crippen LogP contribution in [0, 0.1) is 78.4 Å². The summed E-state index contributed by atoms with van der Waals surface area (Å²) in [6, 6.07) is 17.7. The van der Waals surface area contributed by atoms with E-state index in [1.165, 1.54) is 113 Å². The molecule has 4 saturated carbocycles. The van der Waals surface area contributed by atoms with Crippen LogP contribution in [0.1, 0.15) is 167 Å². The Morgan fingerprint density at radius 3 is 1.81 bits per heavy atom. The third kappa shape index (κ3) is 11.6. The Bertz CT molecular complexity index is 2630. The number of ether oxygens (including phenoxy) is 2. The predicted molar refractivity (Wildman–Crippen MR) is 285 cm³/mol. The van der Waals surface area contributed by atoms with Crippen molar-refractivity contribution < 1.29 is 39.1 Å². The molecule has 14 heteroatoms. The van der Waals surface area contributed by atoms with Crippen molar-refractivity contribution in [1.82, 2.24) is 0 Å². The second-order valence-corrected chi connectivity index (χ2v) is 23.5. The molecule has 2 N–H and O–H groups in total. The predicted octanol–water partition coefficient (Wildman–Crippen LogP) is 16.3. The van der Waals surface area contributed by atoms with E-state index in [0.29, 0.717) is 56.9 Å². The van der Waals surface area contributed by atoms with Crippen LogP contribution in [0.25, 0.3) is 5.57 Å². The van der Waals surface area contributed by atoms with Crippen molar-refractivity contribution in [3.05, 3.63) is 143 Å². The summed E-state index contributed by atoms with van der Waals surface area (Å²) in [5.74, 6) is 3.03. The number of nitro benzene ring substituents is 2. The summed E-state index contributed by atoms with van der Waals surface area (Å²) in [7, 11) is 0. The first-order valence-electron chi connectivity index (χ1n) is 26.3. The standard InChI is InChI=1S/C59H70Cl2N2O10/c1-35(2)10-6-11-36(3)49-20-21-50-46-19-18-42-26-37(22-24-58(42,4)51(46)23-25-59(49,50)5)12-9-17-45(40-29-47(56(64)65)54(52(60)31-40)72-33-38-13-7-15-43(27-38)62(68)69)41-30-48(57(66)67)55(53(61)32-41)73-34-39-14-8-16-44(28-39)63(70)71/h7-8,13-17,27-32,35-37,42,46,49-51H,6,9-12,18-26,33-34H2,1-5H3,(H,64,65)(H,66,67)/t36?,37-,42?,46-,49+,50-,51-,58-,59+/m0/s1. The first kappa shape index (κ1) is 53.8. The van der Waals surface area contributed by atoms with E-state index >= 15 is 0 Å². The highest BCUT2D eigenvalue weighted by Crippen LogP contribution is 2.69. The number of carboxylic acid groups (broad SMARTS) is 2. The summed E-state index contributed by atoms with van der Waals surface area (Å²) in [5.41, 5.74) is 2.16. The topological polar surface area (TPSA) is 179 Å². The molecule has 0 heterocycles. The second-order valence-electron chi connectivity index (χ2n) is 22.7. The summed E-state index contributed by atoms with van der Waals surface area (Å²) in [5, 5.41) is 43.9. The van der Waals surface area contributed by atoms with Gasteiger partial charge in [-0.05, 0) is 181 Å². The lowest BCUT2D eigenvalue weighted by molar-refractivity contribution is -0.385. The normalized spacial score (nSPS) is 25.7. The second kappa shape index (κ2) is 22.6. The maximum absolute atomic E-state index is 12.9. The van der Waals surface area contributed by atoms with Gasteiger partial charge in [-0.2, -0.15) is 0 Å². The van der Waals surface area contributed by atoms with Crippen molar-refractivity contribution >= 4 is 52.1 Å². The van der Waals surface area contributed by atoms with E-state index in [1.807, 2.05) is 6.08 Å². The highest BCUT2D eigenvalue weighted by atomic mass is 35.5. The van der Waals surface area contributed by atoms with Crippen molar-refractivity contribution in [2.75, 3.05) is 0 Å². The molecule has 0 spiro atoms. The van der Waals surface area contributed by atoms with E-state index in [0.717, 1.165) is 54.8 Å². The molecule has 0 saturated heterocycles. The van der Waals surface area contributed by atoms with Gasteiger partial charge in [0.2, 0.25) is 0 Å². The summed E-state index contributed by atoms with van der Waals surface area (Å²) in [4.78, 5) is 47.7. The quantitative estimate of drug-likeness (QED) is 0.0639. The van der Waals surface area contributed by atoms with E-state index in [4.69, 9.17) is 32.7 Å². The van der Waals surface area contributed by atoms with Crippen LogP contribution in [0.15, 0.2) is 78.9 Å². The Kier molecular flexibility index (Phi) is 16.6. The minimum atomic E-state index is -1.33. The molecule has 0 amide bonds. The zero-order chi connectivity index (χ0) is 52.4. The van der Waals surface area contributed by atoms with E-state index in [-0.39, 0.29) is 57.3 Å². The fraction of sp³-hybridized carbons (Fsp3) is 0.525. The van der Waals surface area contributed by atoms with Crippen LogP contribution in [-0.2, 0) is 13.2 Å². The number of fused-ring (bicyclic) bond motifs is 5. The number of carbonyl (C=O) groups is 2. The minimum Gasteiger partial charge on any atom is -0.486 e. The SMILES string of the molecule is CC(C)CCCC(C)[C@H]1CC[C@H]2[C@@H]3CCC4C[C@@H](CCC=C(c5cc(Cl)c(OCc6cccc([N+](=O)[O-])c6)c(C(=O)O)c5)c5cc(Cl)c(OCc6cccc([N+](=O)[O-])c6)c(C(=O)O)c5)CC[C@]4(C)[C@H]3CC[C@]12C. The largest absolute Gasteiger partial charge is 0.486 e. The summed E-state index contributed by atoms with van der Waals surface area (Å²) < 4.78 is 11.9. The number of rotatable bonds is 20. The lowest BCUT2D eigenvalue weighted by Gasteiger charge is -2.61. The maximum atomic E-state index is 12.9. The van der Waals surface area contributed by atoms with Crippen LogP contribution in [0.5, 0.6) is 11.5 Å². The molecule has 73 heavy (non-hydrogen) atoms. The molecule has 9 atom stereocenters. The highest BCUT2D eigenvalue weighted by molar-refractivity contribution is 6.33. The molecule has 0 bridgehead atoms. The number of halogens is 2. The number of allylic oxidation sites excluding steroid dienone is 1. The number of nitro groups is 2. The Morgan fingerprint density at radius 2 is 1.27 bits per heavy atom. The number of aromatic carboxylic acids is 2. The van der Waals surface area contributed by atoms with E-state index in [9.17, 15) is 40.0 Å². The van der Waals surface area contributed by atoms with Gasteiger partial charge in [0.15, 0.2) is 11.5 Å². The highest BCUT2D eigenvalue weighted by Gasteiger charge is 2.60. The maximum Gasteiger partial charge on any atom is 0.339 e. The molecule has 0 aliphatic heterocycles. The minimum absolute atomic E-state index is 0.0258. The smallest absolute Gasteiger partial charge is 0.339 e. The molecule has 4 aromatic rings.